The number of rotatable bonds is 3. The molecule has 1 aliphatic carbocycles. The van der Waals surface area contributed by atoms with E-state index in [1.165, 1.54) is 0 Å². The maximum absolute atomic E-state index is 12.8. The van der Waals surface area contributed by atoms with E-state index in [1.807, 2.05) is 13.0 Å². The summed E-state index contributed by atoms with van der Waals surface area (Å²) in [5.41, 5.74) is 3.84. The third-order valence-electron chi connectivity index (χ3n) is 4.30. The number of ketones is 2. The molecule has 1 N–H and O–H groups in total. The van der Waals surface area contributed by atoms with E-state index in [0.717, 1.165) is 11.1 Å². The van der Waals surface area contributed by atoms with Gasteiger partial charge in [-0.15, -0.1) is 0 Å². The Kier molecular flexibility index (Phi) is 3.67. The van der Waals surface area contributed by atoms with Crippen LogP contribution in [0.2, 0.25) is 0 Å². The van der Waals surface area contributed by atoms with Crippen LogP contribution < -0.4 is 0 Å². The lowest BCUT2D eigenvalue weighted by Crippen LogP contribution is -2.22. The molecule has 0 saturated carbocycles. The second-order valence-electron chi connectivity index (χ2n) is 5.86. The lowest BCUT2D eigenvalue weighted by atomic mass is 9.80. The Morgan fingerprint density at radius 1 is 0.955 bits per heavy atom. The summed E-state index contributed by atoms with van der Waals surface area (Å²) in [6, 6.07) is 10.6. The molecule has 0 spiro atoms. The first-order chi connectivity index (χ1) is 10.5. The van der Waals surface area contributed by atoms with Crippen molar-refractivity contribution in [2.24, 2.45) is 0 Å². The first-order valence-electron chi connectivity index (χ1n) is 7.49. The topological polar surface area (TPSA) is 54.4 Å². The van der Waals surface area contributed by atoms with Crippen LogP contribution in [0, 0.1) is 6.92 Å². The van der Waals surface area contributed by atoms with Crippen LogP contribution in [-0.4, -0.2) is 22.8 Å². The number of hydrogen-bond acceptors (Lipinski definition) is 3. The molecule has 2 aromatic rings. The maximum Gasteiger partial charge on any atom is 0.194 e. The summed E-state index contributed by atoms with van der Waals surface area (Å²) in [7, 11) is 0. The zero-order valence-corrected chi connectivity index (χ0v) is 12.7. The molecule has 0 radical (unpaired) electrons. The van der Waals surface area contributed by atoms with Crippen molar-refractivity contribution in [3.63, 3.8) is 0 Å². The normalized spacial score (nSPS) is 14.5. The lowest BCUT2D eigenvalue weighted by Gasteiger charge is -2.21. The number of benzene rings is 2. The Morgan fingerprint density at radius 2 is 1.59 bits per heavy atom. The Labute approximate surface area is 129 Å². The molecule has 0 heterocycles. The maximum atomic E-state index is 12.8. The minimum atomic E-state index is -0.381. The van der Waals surface area contributed by atoms with E-state index < -0.39 is 0 Å². The van der Waals surface area contributed by atoms with Crippen LogP contribution >= 0.6 is 0 Å². The SMILES string of the molecule is Cc1c(CC[C@H](C)O)ccc2c1C(=O)c1ccccc1C2=O. The van der Waals surface area contributed by atoms with E-state index in [1.54, 1.807) is 37.3 Å². The molecule has 0 unspecified atom stereocenters. The molecule has 0 fully saturated rings. The molecule has 112 valence electrons. The van der Waals surface area contributed by atoms with Crippen molar-refractivity contribution in [2.75, 3.05) is 0 Å². The number of carbonyl (C=O) groups is 2. The molecular weight excluding hydrogens is 276 g/mol. The number of fused-ring (bicyclic) bond motifs is 2. The van der Waals surface area contributed by atoms with Gasteiger partial charge in [-0.25, -0.2) is 0 Å². The van der Waals surface area contributed by atoms with Gasteiger partial charge in [0.25, 0.3) is 0 Å². The lowest BCUT2D eigenvalue weighted by molar-refractivity contribution is 0.0978. The van der Waals surface area contributed by atoms with Crippen LogP contribution in [0.15, 0.2) is 36.4 Å². The number of aliphatic hydroxyl groups excluding tert-OH is 1. The van der Waals surface area contributed by atoms with Gasteiger partial charge in [0.15, 0.2) is 11.6 Å². The summed E-state index contributed by atoms with van der Waals surface area (Å²) in [6.45, 7) is 3.63. The number of aryl methyl sites for hydroxylation is 1. The molecule has 1 aliphatic rings. The Hall–Kier alpha value is -2.26. The molecule has 22 heavy (non-hydrogen) atoms. The average Bonchev–Trinajstić information content (AvgIpc) is 2.51. The Morgan fingerprint density at radius 3 is 2.23 bits per heavy atom. The summed E-state index contributed by atoms with van der Waals surface area (Å²) >= 11 is 0. The van der Waals surface area contributed by atoms with E-state index in [-0.39, 0.29) is 17.7 Å². The molecule has 0 aliphatic heterocycles. The van der Waals surface area contributed by atoms with Crippen molar-refractivity contribution in [3.8, 4) is 0 Å². The monoisotopic (exact) mass is 294 g/mol. The highest BCUT2D eigenvalue weighted by Crippen LogP contribution is 2.31. The van der Waals surface area contributed by atoms with Gasteiger partial charge in [0.2, 0.25) is 0 Å². The average molecular weight is 294 g/mol. The molecule has 3 heteroatoms. The molecule has 0 saturated heterocycles. The van der Waals surface area contributed by atoms with Crippen LogP contribution in [-0.2, 0) is 6.42 Å². The first-order valence-corrected chi connectivity index (χ1v) is 7.49. The van der Waals surface area contributed by atoms with Gasteiger partial charge < -0.3 is 5.11 Å². The van der Waals surface area contributed by atoms with Crippen LogP contribution in [0.5, 0.6) is 0 Å². The van der Waals surface area contributed by atoms with Crippen molar-refractivity contribution in [2.45, 2.75) is 32.8 Å². The van der Waals surface area contributed by atoms with Crippen molar-refractivity contribution in [3.05, 3.63) is 69.8 Å². The molecule has 3 rings (SSSR count). The predicted molar refractivity (Wildman–Crippen MR) is 84.5 cm³/mol. The summed E-state index contributed by atoms with van der Waals surface area (Å²) in [4.78, 5) is 25.4. The number of aliphatic hydroxyl groups is 1. The quantitative estimate of drug-likeness (QED) is 0.807. The van der Waals surface area contributed by atoms with Gasteiger partial charge in [0.1, 0.15) is 0 Å². The predicted octanol–water partition coefficient (Wildman–Crippen LogP) is 3.08. The minimum Gasteiger partial charge on any atom is -0.393 e. The molecule has 0 amide bonds. The van der Waals surface area contributed by atoms with Gasteiger partial charge in [-0.1, -0.05) is 30.3 Å². The second kappa shape index (κ2) is 5.50. The summed E-state index contributed by atoms with van der Waals surface area (Å²) in [5.74, 6) is -0.169. The van der Waals surface area contributed by atoms with E-state index >= 15 is 0 Å². The van der Waals surface area contributed by atoms with Crippen LogP contribution in [0.1, 0.15) is 56.3 Å². The number of hydrogen-bond donors (Lipinski definition) is 1. The van der Waals surface area contributed by atoms with Gasteiger partial charge in [-0.3, -0.25) is 9.59 Å². The van der Waals surface area contributed by atoms with Gasteiger partial charge >= 0.3 is 0 Å². The molecule has 0 aromatic heterocycles. The highest BCUT2D eigenvalue weighted by atomic mass is 16.3. The van der Waals surface area contributed by atoms with E-state index in [0.29, 0.717) is 35.1 Å². The highest BCUT2D eigenvalue weighted by molar-refractivity contribution is 6.28. The van der Waals surface area contributed by atoms with Crippen LogP contribution in [0.3, 0.4) is 0 Å². The van der Waals surface area contributed by atoms with E-state index in [4.69, 9.17) is 0 Å². The largest absolute Gasteiger partial charge is 0.393 e. The first kappa shape index (κ1) is 14.7. The van der Waals surface area contributed by atoms with E-state index in [2.05, 4.69) is 0 Å². The number of carbonyl (C=O) groups excluding carboxylic acids is 2. The Balaban J connectivity index is 2.11. The molecular formula is C19H18O3. The third-order valence-corrected chi connectivity index (χ3v) is 4.30. The smallest absolute Gasteiger partial charge is 0.194 e. The molecule has 3 nitrogen and oxygen atoms in total. The van der Waals surface area contributed by atoms with Gasteiger partial charge in [-0.2, -0.15) is 0 Å². The fourth-order valence-corrected chi connectivity index (χ4v) is 3.03. The van der Waals surface area contributed by atoms with Crippen LogP contribution in [0.4, 0.5) is 0 Å². The van der Waals surface area contributed by atoms with Crippen molar-refractivity contribution < 1.29 is 14.7 Å². The van der Waals surface area contributed by atoms with Gasteiger partial charge in [-0.05, 0) is 43.9 Å². The third kappa shape index (κ3) is 2.28. The van der Waals surface area contributed by atoms with Crippen LogP contribution in [0.25, 0.3) is 0 Å². The van der Waals surface area contributed by atoms with Gasteiger partial charge in [0, 0.05) is 22.3 Å². The fourth-order valence-electron chi connectivity index (χ4n) is 3.03. The van der Waals surface area contributed by atoms with E-state index in [9.17, 15) is 14.7 Å². The van der Waals surface area contributed by atoms with Crippen molar-refractivity contribution in [1.82, 2.24) is 0 Å². The zero-order chi connectivity index (χ0) is 15.9. The fraction of sp³-hybridized carbons (Fsp3) is 0.263. The zero-order valence-electron chi connectivity index (χ0n) is 12.7. The summed E-state index contributed by atoms with van der Waals surface area (Å²) < 4.78 is 0. The Bertz CT molecular complexity index is 772. The minimum absolute atomic E-state index is 0.0819. The van der Waals surface area contributed by atoms with Gasteiger partial charge in [0.05, 0.1) is 6.10 Å². The standard InChI is InChI=1S/C19H18O3/c1-11(20)7-8-13-9-10-16-17(12(13)2)19(22)15-6-4-3-5-14(15)18(16)21/h3-6,9-11,20H,7-8H2,1-2H3/t11-/m0/s1. The van der Waals surface area contributed by atoms with Crippen molar-refractivity contribution in [1.29, 1.82) is 0 Å². The summed E-state index contributed by atoms with van der Waals surface area (Å²) in [5, 5.41) is 9.45. The second-order valence-corrected chi connectivity index (χ2v) is 5.86. The molecule has 1 atom stereocenters. The molecule has 2 aromatic carbocycles. The van der Waals surface area contributed by atoms with Crippen molar-refractivity contribution >= 4 is 11.6 Å². The summed E-state index contributed by atoms with van der Waals surface area (Å²) in [6.07, 6.45) is 0.951. The molecule has 0 bridgehead atoms. The highest BCUT2D eigenvalue weighted by Gasteiger charge is 2.31.